The van der Waals surface area contributed by atoms with Gasteiger partial charge in [0.2, 0.25) is 0 Å². The van der Waals surface area contributed by atoms with Gasteiger partial charge in [0.1, 0.15) is 11.6 Å². The van der Waals surface area contributed by atoms with Crippen molar-refractivity contribution in [1.29, 1.82) is 0 Å². The van der Waals surface area contributed by atoms with Gasteiger partial charge in [0.25, 0.3) is 0 Å². The molecule has 0 saturated carbocycles. The van der Waals surface area contributed by atoms with Crippen LogP contribution in [-0.4, -0.2) is 6.54 Å². The minimum atomic E-state index is -0.557. The van der Waals surface area contributed by atoms with Crippen LogP contribution in [0.3, 0.4) is 0 Å². The SMILES string of the molecule is CCCNC(c1sccc1Cl)c1c(F)cccc1F. The molecule has 1 nitrogen and oxygen atoms in total. The fourth-order valence-electron chi connectivity index (χ4n) is 1.91. The third-order valence-electron chi connectivity index (χ3n) is 2.79. The van der Waals surface area contributed by atoms with Crippen molar-refractivity contribution >= 4 is 22.9 Å². The first-order chi connectivity index (χ1) is 9.15. The monoisotopic (exact) mass is 301 g/mol. The zero-order chi connectivity index (χ0) is 13.8. The van der Waals surface area contributed by atoms with E-state index in [0.717, 1.165) is 11.3 Å². The minimum Gasteiger partial charge on any atom is -0.305 e. The second-order valence-corrected chi connectivity index (χ2v) is 5.51. The van der Waals surface area contributed by atoms with Gasteiger partial charge in [-0.2, -0.15) is 0 Å². The van der Waals surface area contributed by atoms with E-state index in [9.17, 15) is 8.78 Å². The Balaban J connectivity index is 2.46. The van der Waals surface area contributed by atoms with Crippen molar-refractivity contribution in [2.45, 2.75) is 19.4 Å². The smallest absolute Gasteiger partial charge is 0.131 e. The fraction of sp³-hybridized carbons (Fsp3) is 0.286. The summed E-state index contributed by atoms with van der Waals surface area (Å²) in [6, 6.07) is 5.08. The second kappa shape index (κ2) is 6.46. The molecule has 0 aliphatic heterocycles. The summed E-state index contributed by atoms with van der Waals surface area (Å²) < 4.78 is 27.9. The molecule has 0 radical (unpaired) electrons. The van der Waals surface area contributed by atoms with E-state index in [1.54, 1.807) is 6.07 Å². The van der Waals surface area contributed by atoms with Gasteiger partial charge in [-0.3, -0.25) is 0 Å². The lowest BCUT2D eigenvalue weighted by atomic mass is 10.0. The Morgan fingerprint density at radius 2 is 1.95 bits per heavy atom. The third kappa shape index (κ3) is 3.14. The number of hydrogen-bond acceptors (Lipinski definition) is 2. The molecule has 1 unspecified atom stereocenters. The van der Waals surface area contributed by atoms with Gasteiger partial charge in [-0.05, 0) is 36.5 Å². The second-order valence-electron chi connectivity index (χ2n) is 4.16. The molecule has 102 valence electrons. The van der Waals surface area contributed by atoms with Crippen LogP contribution in [0, 0.1) is 11.6 Å². The highest BCUT2D eigenvalue weighted by Crippen LogP contribution is 2.35. The first-order valence-corrected chi connectivity index (χ1v) is 7.31. The lowest BCUT2D eigenvalue weighted by Crippen LogP contribution is -2.24. The Kier molecular flexibility index (Phi) is 4.91. The summed E-state index contributed by atoms with van der Waals surface area (Å²) in [6.45, 7) is 2.66. The standard InChI is InChI=1S/C14H14ClF2NS/c1-2-7-18-13(14-9(15)6-8-19-14)12-10(16)4-3-5-11(12)17/h3-6,8,13,18H,2,7H2,1H3. The van der Waals surface area contributed by atoms with Crippen LogP contribution in [0.2, 0.25) is 5.02 Å². The van der Waals surface area contributed by atoms with E-state index in [4.69, 9.17) is 11.6 Å². The van der Waals surface area contributed by atoms with E-state index in [2.05, 4.69) is 5.32 Å². The topological polar surface area (TPSA) is 12.0 Å². The summed E-state index contributed by atoms with van der Waals surface area (Å²) in [5.74, 6) is -1.11. The number of hydrogen-bond donors (Lipinski definition) is 1. The van der Waals surface area contributed by atoms with Crippen molar-refractivity contribution in [3.05, 3.63) is 56.7 Å². The maximum absolute atomic E-state index is 13.9. The maximum Gasteiger partial charge on any atom is 0.131 e. The highest BCUT2D eigenvalue weighted by atomic mass is 35.5. The van der Waals surface area contributed by atoms with E-state index in [1.165, 1.54) is 29.5 Å². The number of halogens is 3. The predicted octanol–water partition coefficient (Wildman–Crippen LogP) is 4.77. The van der Waals surface area contributed by atoms with Gasteiger partial charge in [-0.25, -0.2) is 8.78 Å². The molecule has 19 heavy (non-hydrogen) atoms. The van der Waals surface area contributed by atoms with E-state index in [0.29, 0.717) is 11.6 Å². The molecule has 1 atom stereocenters. The van der Waals surface area contributed by atoms with E-state index >= 15 is 0 Å². The van der Waals surface area contributed by atoms with Crippen molar-refractivity contribution in [2.24, 2.45) is 0 Å². The number of rotatable bonds is 5. The first-order valence-electron chi connectivity index (χ1n) is 6.05. The molecule has 5 heteroatoms. The molecule has 0 spiro atoms. The quantitative estimate of drug-likeness (QED) is 0.839. The summed E-state index contributed by atoms with van der Waals surface area (Å²) in [5.41, 5.74) is 0.0281. The molecular weight excluding hydrogens is 288 g/mol. The molecule has 1 aromatic heterocycles. The summed E-state index contributed by atoms with van der Waals surface area (Å²) in [5, 5.41) is 5.50. The molecule has 0 aliphatic rings. The number of nitrogens with one attached hydrogen (secondary N) is 1. The van der Waals surface area contributed by atoms with Crippen LogP contribution >= 0.6 is 22.9 Å². The lowest BCUT2D eigenvalue weighted by Gasteiger charge is -2.19. The minimum absolute atomic E-state index is 0.0281. The third-order valence-corrected chi connectivity index (χ3v) is 4.22. The average Bonchev–Trinajstić information content (AvgIpc) is 2.79. The Hall–Kier alpha value is -0.970. The van der Waals surface area contributed by atoms with Gasteiger partial charge in [0.05, 0.1) is 11.1 Å². The van der Waals surface area contributed by atoms with Crippen LogP contribution in [0.25, 0.3) is 0 Å². The van der Waals surface area contributed by atoms with Crippen molar-refractivity contribution in [3.8, 4) is 0 Å². The summed E-state index contributed by atoms with van der Waals surface area (Å²) in [7, 11) is 0. The van der Waals surface area contributed by atoms with Gasteiger partial charge in [-0.15, -0.1) is 11.3 Å². The molecule has 2 aromatic rings. The summed E-state index contributed by atoms with van der Waals surface area (Å²) in [6.07, 6.45) is 0.871. The van der Waals surface area contributed by atoms with E-state index in [1.807, 2.05) is 12.3 Å². The van der Waals surface area contributed by atoms with Crippen molar-refractivity contribution < 1.29 is 8.78 Å². The predicted molar refractivity (Wildman–Crippen MR) is 75.8 cm³/mol. The molecule has 1 heterocycles. The highest BCUT2D eigenvalue weighted by molar-refractivity contribution is 7.10. The van der Waals surface area contributed by atoms with Crippen molar-refractivity contribution in [2.75, 3.05) is 6.54 Å². The average molecular weight is 302 g/mol. The zero-order valence-corrected chi connectivity index (χ0v) is 12.0. The Morgan fingerprint density at radius 1 is 1.26 bits per heavy atom. The fourth-order valence-corrected chi connectivity index (χ4v) is 3.16. The number of benzene rings is 1. The molecule has 1 aromatic carbocycles. The maximum atomic E-state index is 13.9. The molecule has 2 rings (SSSR count). The Morgan fingerprint density at radius 3 is 2.47 bits per heavy atom. The number of thiophene rings is 1. The van der Waals surface area contributed by atoms with Gasteiger partial charge < -0.3 is 5.32 Å². The molecule has 0 fully saturated rings. The van der Waals surface area contributed by atoms with Crippen LogP contribution in [0.15, 0.2) is 29.6 Å². The molecule has 0 aliphatic carbocycles. The van der Waals surface area contributed by atoms with Crippen molar-refractivity contribution in [1.82, 2.24) is 5.32 Å². The van der Waals surface area contributed by atoms with Crippen LogP contribution in [-0.2, 0) is 0 Å². The summed E-state index contributed by atoms with van der Waals surface area (Å²) >= 11 is 7.49. The largest absolute Gasteiger partial charge is 0.305 e. The summed E-state index contributed by atoms with van der Waals surface area (Å²) in [4.78, 5) is 0.735. The Labute approximate surface area is 120 Å². The first kappa shape index (κ1) is 14.4. The van der Waals surface area contributed by atoms with Gasteiger partial charge in [0, 0.05) is 10.4 Å². The van der Waals surface area contributed by atoms with Gasteiger partial charge in [-0.1, -0.05) is 24.6 Å². The Bertz CT molecular complexity index is 536. The molecular formula is C14H14ClF2NS. The van der Waals surface area contributed by atoms with E-state index < -0.39 is 17.7 Å². The van der Waals surface area contributed by atoms with Gasteiger partial charge in [0.15, 0.2) is 0 Å². The normalized spacial score (nSPS) is 12.6. The lowest BCUT2D eigenvalue weighted by molar-refractivity contribution is 0.506. The van der Waals surface area contributed by atoms with Gasteiger partial charge >= 0.3 is 0 Å². The molecule has 1 N–H and O–H groups in total. The van der Waals surface area contributed by atoms with Crippen LogP contribution < -0.4 is 5.32 Å². The molecule has 0 saturated heterocycles. The molecule has 0 amide bonds. The van der Waals surface area contributed by atoms with E-state index in [-0.39, 0.29) is 5.56 Å². The molecule has 0 bridgehead atoms. The zero-order valence-electron chi connectivity index (χ0n) is 10.4. The van der Waals surface area contributed by atoms with Crippen LogP contribution in [0.4, 0.5) is 8.78 Å². The van der Waals surface area contributed by atoms with Crippen LogP contribution in [0.5, 0.6) is 0 Å². The van der Waals surface area contributed by atoms with Crippen LogP contribution in [0.1, 0.15) is 29.8 Å². The van der Waals surface area contributed by atoms with Crippen molar-refractivity contribution in [3.63, 3.8) is 0 Å². The highest BCUT2D eigenvalue weighted by Gasteiger charge is 2.24.